The number of hydrogen-bond acceptors (Lipinski definition) is 5. The number of nitrogens with zero attached hydrogens (tertiary/aromatic N) is 2. The van der Waals surface area contributed by atoms with Crippen LogP contribution in [0.2, 0.25) is 0 Å². The average Bonchev–Trinajstić information content (AvgIpc) is 3.44. The van der Waals surface area contributed by atoms with Gasteiger partial charge in [-0.05, 0) is 12.8 Å². The second-order valence-corrected chi connectivity index (χ2v) is 12.8. The minimum Gasteiger partial charge on any atom is -0.381 e. The molecule has 0 unspecified atom stereocenters. The van der Waals surface area contributed by atoms with Crippen LogP contribution in [-0.2, 0) is 22.3 Å². The Morgan fingerprint density at radius 1 is 0.439 bits per heavy atom. The number of hydrogen-bond donors (Lipinski definition) is 0. The van der Waals surface area contributed by atoms with Crippen molar-refractivity contribution in [2.24, 2.45) is 0 Å². The highest BCUT2D eigenvalue weighted by Crippen LogP contribution is 2.19. The Hall–Kier alpha value is -1.04. The summed E-state index contributed by atoms with van der Waals surface area (Å²) in [6, 6.07) is 0. The molecule has 0 aliphatic rings. The van der Waals surface area contributed by atoms with Crippen molar-refractivity contribution < 1.29 is 9.47 Å². The largest absolute Gasteiger partial charge is 0.381 e. The molecule has 0 fully saturated rings. The fourth-order valence-electron chi connectivity index (χ4n) is 5.55. The van der Waals surface area contributed by atoms with E-state index in [9.17, 15) is 0 Å². The molecule has 0 aromatic carbocycles. The maximum Gasteiger partial charge on any atom is 0.0997 e. The van der Waals surface area contributed by atoms with Crippen LogP contribution in [0.5, 0.6) is 0 Å². The summed E-state index contributed by atoms with van der Waals surface area (Å²) < 4.78 is 12.0. The molecule has 0 amide bonds. The summed E-state index contributed by atoms with van der Waals surface area (Å²) in [5, 5.41) is 4.20. The Bertz CT molecular complexity index is 774. The van der Waals surface area contributed by atoms with Gasteiger partial charge in [0, 0.05) is 36.8 Å². The van der Waals surface area contributed by atoms with Crippen LogP contribution in [-0.4, -0.2) is 36.4 Å². The fraction of sp³-hybridized carbons (Fsp3) is 0.833. The summed E-state index contributed by atoms with van der Waals surface area (Å²) in [5.41, 5.74) is 4.21. The summed E-state index contributed by atoms with van der Waals surface area (Å²) in [5.74, 6) is 0. The number of fused-ring (bicyclic) bond motifs is 1. The van der Waals surface area contributed by atoms with Crippen LogP contribution in [0.4, 0.5) is 0 Å². The third-order valence-electron chi connectivity index (χ3n) is 8.22. The third kappa shape index (κ3) is 19.0. The van der Waals surface area contributed by atoms with Crippen LogP contribution < -0.4 is 0 Å². The Morgan fingerprint density at radius 2 is 0.756 bits per heavy atom. The van der Waals surface area contributed by atoms with E-state index in [1.807, 2.05) is 0 Å². The second-order valence-electron chi connectivity index (χ2n) is 12.1. The first kappa shape index (κ1) is 36.2. The van der Waals surface area contributed by atoms with Crippen LogP contribution in [0, 0.1) is 0 Å². The standard InChI is InChI=1S/C36H64N2O2S/c1-3-5-7-9-11-13-15-17-19-21-23-27-39-29-25-33-34(38-36-32-41-31-35(36)37-33)26-30-40-28-24-22-20-18-16-14-12-10-8-6-4-2/h31-32H,3-30H2,1-2H3. The molecule has 0 aliphatic heterocycles. The number of unbranched alkanes of at least 4 members (excludes halogenated alkanes) is 20. The summed E-state index contributed by atoms with van der Waals surface area (Å²) >= 11 is 1.68. The molecule has 2 heterocycles. The second kappa shape index (κ2) is 26.6. The lowest BCUT2D eigenvalue weighted by molar-refractivity contribution is 0.128. The normalized spacial score (nSPS) is 11.7. The maximum absolute atomic E-state index is 6.00. The van der Waals surface area contributed by atoms with E-state index >= 15 is 0 Å². The van der Waals surface area contributed by atoms with E-state index in [1.165, 1.54) is 141 Å². The summed E-state index contributed by atoms with van der Waals surface area (Å²) in [6.07, 6.45) is 31.8. The first-order chi connectivity index (χ1) is 20.3. The van der Waals surface area contributed by atoms with Gasteiger partial charge in [0.15, 0.2) is 0 Å². The van der Waals surface area contributed by atoms with Crippen molar-refractivity contribution in [3.63, 3.8) is 0 Å². The molecule has 0 spiro atoms. The van der Waals surface area contributed by atoms with Gasteiger partial charge in [0.2, 0.25) is 0 Å². The highest BCUT2D eigenvalue weighted by Gasteiger charge is 2.10. The molecule has 0 N–H and O–H groups in total. The molecule has 0 aliphatic carbocycles. The van der Waals surface area contributed by atoms with Crippen molar-refractivity contribution in [2.75, 3.05) is 26.4 Å². The zero-order chi connectivity index (χ0) is 29.1. The minimum absolute atomic E-state index is 0.731. The first-order valence-electron chi connectivity index (χ1n) is 17.7. The summed E-state index contributed by atoms with van der Waals surface area (Å²) in [7, 11) is 0. The van der Waals surface area contributed by atoms with E-state index in [2.05, 4.69) is 24.6 Å². The van der Waals surface area contributed by atoms with Gasteiger partial charge in [-0.25, -0.2) is 9.97 Å². The molecule has 0 bridgehead atoms. The Balaban J connectivity index is 1.49. The smallest absolute Gasteiger partial charge is 0.0997 e. The van der Waals surface area contributed by atoms with Crippen molar-refractivity contribution >= 4 is 22.4 Å². The van der Waals surface area contributed by atoms with Crippen molar-refractivity contribution in [1.29, 1.82) is 0 Å². The van der Waals surface area contributed by atoms with Crippen LogP contribution >= 0.6 is 11.3 Å². The summed E-state index contributed by atoms with van der Waals surface area (Å²) in [4.78, 5) is 9.86. The monoisotopic (exact) mass is 588 g/mol. The van der Waals surface area contributed by atoms with E-state index in [1.54, 1.807) is 11.3 Å². The fourth-order valence-corrected chi connectivity index (χ4v) is 6.22. The zero-order valence-electron chi connectivity index (χ0n) is 27.1. The quantitative estimate of drug-likeness (QED) is 0.0851. The van der Waals surface area contributed by atoms with E-state index in [-0.39, 0.29) is 0 Å². The van der Waals surface area contributed by atoms with Gasteiger partial charge < -0.3 is 9.47 Å². The number of thiophene rings is 1. The first-order valence-corrected chi connectivity index (χ1v) is 18.7. The van der Waals surface area contributed by atoms with E-state index in [4.69, 9.17) is 19.4 Å². The number of ether oxygens (including phenoxy) is 2. The molecule has 0 saturated heterocycles. The minimum atomic E-state index is 0.731. The van der Waals surface area contributed by atoms with E-state index < -0.39 is 0 Å². The molecule has 2 rings (SSSR count). The van der Waals surface area contributed by atoms with Crippen molar-refractivity contribution in [1.82, 2.24) is 9.97 Å². The lowest BCUT2D eigenvalue weighted by atomic mass is 10.1. The topological polar surface area (TPSA) is 44.2 Å². The SMILES string of the molecule is CCCCCCCCCCCCCOCCc1nc2cscc2nc1CCOCCCCCCCCCCCCC. The van der Waals surface area contributed by atoms with Crippen molar-refractivity contribution in [3.8, 4) is 0 Å². The molecule has 41 heavy (non-hydrogen) atoms. The lowest BCUT2D eigenvalue weighted by Crippen LogP contribution is -2.10. The number of aromatic nitrogens is 2. The zero-order valence-corrected chi connectivity index (χ0v) is 27.9. The average molecular weight is 589 g/mol. The van der Waals surface area contributed by atoms with E-state index in [0.717, 1.165) is 61.7 Å². The highest BCUT2D eigenvalue weighted by molar-refractivity contribution is 7.09. The van der Waals surface area contributed by atoms with Crippen LogP contribution in [0.15, 0.2) is 10.8 Å². The van der Waals surface area contributed by atoms with Crippen LogP contribution in [0.3, 0.4) is 0 Å². The molecule has 236 valence electrons. The van der Waals surface area contributed by atoms with Crippen molar-refractivity contribution in [2.45, 2.75) is 168 Å². The summed E-state index contributed by atoms with van der Waals surface area (Å²) in [6.45, 7) is 7.76. The van der Waals surface area contributed by atoms with Gasteiger partial charge in [0.1, 0.15) is 0 Å². The maximum atomic E-state index is 6.00. The molecule has 0 saturated carbocycles. The van der Waals surface area contributed by atoms with E-state index in [0.29, 0.717) is 0 Å². The highest BCUT2D eigenvalue weighted by atomic mass is 32.1. The van der Waals surface area contributed by atoms with Gasteiger partial charge in [-0.1, -0.05) is 142 Å². The molecule has 4 nitrogen and oxygen atoms in total. The Morgan fingerprint density at radius 3 is 1.10 bits per heavy atom. The van der Waals surface area contributed by atoms with Crippen LogP contribution in [0.1, 0.15) is 166 Å². The molecule has 2 aromatic heterocycles. The molecular weight excluding hydrogens is 524 g/mol. The molecule has 5 heteroatoms. The number of rotatable bonds is 30. The molecule has 2 aromatic rings. The Labute approximate surface area is 257 Å². The van der Waals surface area contributed by atoms with Gasteiger partial charge in [0.05, 0.1) is 35.6 Å². The third-order valence-corrected chi connectivity index (χ3v) is 8.94. The Kier molecular flexibility index (Phi) is 23.4. The molecule has 0 atom stereocenters. The van der Waals surface area contributed by atoms with Gasteiger partial charge in [0.25, 0.3) is 0 Å². The predicted octanol–water partition coefficient (Wildman–Crippen LogP) is 11.4. The van der Waals surface area contributed by atoms with Crippen molar-refractivity contribution in [3.05, 3.63) is 22.1 Å². The predicted molar refractivity (Wildman–Crippen MR) is 179 cm³/mol. The van der Waals surface area contributed by atoms with Gasteiger partial charge in [-0.3, -0.25) is 0 Å². The molecular formula is C36H64N2O2S. The van der Waals surface area contributed by atoms with Gasteiger partial charge >= 0.3 is 0 Å². The molecule has 0 radical (unpaired) electrons. The van der Waals surface area contributed by atoms with Gasteiger partial charge in [-0.15, -0.1) is 11.3 Å². The lowest BCUT2D eigenvalue weighted by Gasteiger charge is -2.10. The van der Waals surface area contributed by atoms with Gasteiger partial charge in [-0.2, -0.15) is 0 Å². The van der Waals surface area contributed by atoms with Crippen LogP contribution in [0.25, 0.3) is 11.0 Å².